The first-order valence-electron chi connectivity index (χ1n) is 8.96. The number of anilines is 1. The van der Waals surface area contributed by atoms with Gasteiger partial charge >= 0.3 is 0 Å². The maximum Gasteiger partial charge on any atom is 0.222 e. The molecule has 0 unspecified atom stereocenters. The van der Waals surface area contributed by atoms with E-state index in [0.29, 0.717) is 13.0 Å². The molecule has 1 aromatic carbocycles. The molecule has 2 heterocycles. The van der Waals surface area contributed by atoms with Crippen molar-refractivity contribution in [1.29, 1.82) is 0 Å². The van der Waals surface area contributed by atoms with Crippen molar-refractivity contribution in [2.24, 2.45) is 0 Å². The monoisotopic (exact) mass is 355 g/mol. The SMILES string of the molecule is COc1ccc(OCCCC(=O)N2CCN(c3ccncc3)CC2)cc1. The second-order valence-electron chi connectivity index (χ2n) is 6.20. The molecule has 1 aromatic heterocycles. The van der Waals surface area contributed by atoms with Crippen LogP contribution in [-0.4, -0.2) is 55.7 Å². The van der Waals surface area contributed by atoms with E-state index >= 15 is 0 Å². The molecule has 1 amide bonds. The molecule has 6 nitrogen and oxygen atoms in total. The average molecular weight is 355 g/mol. The largest absolute Gasteiger partial charge is 0.497 e. The molecule has 1 fully saturated rings. The topological polar surface area (TPSA) is 54.9 Å². The van der Waals surface area contributed by atoms with E-state index in [1.165, 1.54) is 5.69 Å². The lowest BCUT2D eigenvalue weighted by atomic mass is 10.2. The number of amides is 1. The van der Waals surface area contributed by atoms with Crippen molar-refractivity contribution in [2.45, 2.75) is 12.8 Å². The number of nitrogens with zero attached hydrogens (tertiary/aromatic N) is 3. The van der Waals surface area contributed by atoms with Gasteiger partial charge in [0.25, 0.3) is 0 Å². The van der Waals surface area contributed by atoms with Crippen LogP contribution in [0.25, 0.3) is 0 Å². The number of carbonyl (C=O) groups is 1. The summed E-state index contributed by atoms with van der Waals surface area (Å²) >= 11 is 0. The van der Waals surface area contributed by atoms with Gasteiger partial charge in [0.15, 0.2) is 0 Å². The standard InChI is InChI=1S/C20H25N3O3/c1-25-18-4-6-19(7-5-18)26-16-2-3-20(24)23-14-12-22(13-15-23)17-8-10-21-11-9-17/h4-11H,2-3,12-16H2,1H3. The van der Waals surface area contributed by atoms with Crippen molar-refractivity contribution in [1.82, 2.24) is 9.88 Å². The van der Waals surface area contributed by atoms with Gasteiger partial charge in [-0.3, -0.25) is 9.78 Å². The third-order valence-electron chi connectivity index (χ3n) is 4.52. The summed E-state index contributed by atoms with van der Waals surface area (Å²) in [6, 6.07) is 11.5. The molecule has 0 N–H and O–H groups in total. The quantitative estimate of drug-likeness (QED) is 0.715. The zero-order valence-electron chi connectivity index (χ0n) is 15.1. The second kappa shape index (κ2) is 9.08. The van der Waals surface area contributed by atoms with Gasteiger partial charge in [-0.1, -0.05) is 0 Å². The zero-order valence-corrected chi connectivity index (χ0v) is 15.1. The minimum absolute atomic E-state index is 0.206. The molecule has 6 heteroatoms. The van der Waals surface area contributed by atoms with Crippen LogP contribution in [0.3, 0.4) is 0 Å². The van der Waals surface area contributed by atoms with Gasteiger partial charge in [-0.25, -0.2) is 0 Å². The summed E-state index contributed by atoms with van der Waals surface area (Å²) in [4.78, 5) is 20.6. The van der Waals surface area contributed by atoms with Crippen LogP contribution in [0.5, 0.6) is 11.5 Å². The van der Waals surface area contributed by atoms with Gasteiger partial charge in [0.2, 0.25) is 5.91 Å². The smallest absolute Gasteiger partial charge is 0.222 e. The van der Waals surface area contributed by atoms with Crippen molar-refractivity contribution in [3.8, 4) is 11.5 Å². The van der Waals surface area contributed by atoms with Gasteiger partial charge in [-0.05, 0) is 42.8 Å². The minimum atomic E-state index is 0.206. The molecule has 3 rings (SSSR count). The van der Waals surface area contributed by atoms with E-state index in [9.17, 15) is 4.79 Å². The van der Waals surface area contributed by atoms with Crippen molar-refractivity contribution in [2.75, 3.05) is 44.8 Å². The van der Waals surface area contributed by atoms with Crippen LogP contribution in [0.1, 0.15) is 12.8 Å². The Morgan fingerprint density at radius 1 is 1.00 bits per heavy atom. The van der Waals surface area contributed by atoms with Gasteiger partial charge in [0.1, 0.15) is 11.5 Å². The number of hydrogen-bond donors (Lipinski definition) is 0. The van der Waals surface area contributed by atoms with E-state index in [-0.39, 0.29) is 5.91 Å². The second-order valence-corrected chi connectivity index (χ2v) is 6.20. The van der Waals surface area contributed by atoms with Gasteiger partial charge in [-0.15, -0.1) is 0 Å². The summed E-state index contributed by atoms with van der Waals surface area (Å²) in [7, 11) is 1.64. The van der Waals surface area contributed by atoms with Crippen LogP contribution in [0.4, 0.5) is 5.69 Å². The summed E-state index contributed by atoms with van der Waals surface area (Å²) in [6.45, 7) is 3.78. The van der Waals surface area contributed by atoms with Crippen LogP contribution in [0.15, 0.2) is 48.8 Å². The zero-order chi connectivity index (χ0) is 18.2. The molecule has 2 aromatic rings. The third kappa shape index (κ3) is 4.88. The number of piperazine rings is 1. The molecule has 0 spiro atoms. The highest BCUT2D eigenvalue weighted by Crippen LogP contribution is 2.18. The fourth-order valence-corrected chi connectivity index (χ4v) is 3.01. The normalized spacial score (nSPS) is 14.2. The van der Waals surface area contributed by atoms with Crippen LogP contribution in [0.2, 0.25) is 0 Å². The van der Waals surface area contributed by atoms with E-state index in [4.69, 9.17) is 9.47 Å². The van der Waals surface area contributed by atoms with Gasteiger partial charge < -0.3 is 19.3 Å². The number of ether oxygens (including phenoxy) is 2. The Labute approximate surface area is 154 Å². The molecule has 138 valence electrons. The Balaban J connectivity index is 1.35. The Hall–Kier alpha value is -2.76. The number of benzene rings is 1. The van der Waals surface area contributed by atoms with Crippen molar-refractivity contribution >= 4 is 11.6 Å². The van der Waals surface area contributed by atoms with Gasteiger partial charge in [0, 0.05) is 50.7 Å². The summed E-state index contributed by atoms with van der Waals surface area (Å²) in [5.74, 6) is 1.81. The summed E-state index contributed by atoms with van der Waals surface area (Å²) in [6.07, 6.45) is 4.84. The molecule has 26 heavy (non-hydrogen) atoms. The molecule has 0 aliphatic carbocycles. The summed E-state index contributed by atoms with van der Waals surface area (Å²) in [5, 5.41) is 0. The first-order valence-corrected chi connectivity index (χ1v) is 8.96. The molecule has 0 atom stereocenters. The Bertz CT molecular complexity index is 683. The molecule has 0 saturated carbocycles. The Morgan fingerprint density at radius 2 is 1.65 bits per heavy atom. The lowest BCUT2D eigenvalue weighted by molar-refractivity contribution is -0.131. The molecule has 0 radical (unpaired) electrons. The maximum absolute atomic E-state index is 12.4. The molecular weight excluding hydrogens is 330 g/mol. The highest BCUT2D eigenvalue weighted by molar-refractivity contribution is 5.76. The van der Waals surface area contributed by atoms with E-state index < -0.39 is 0 Å². The first kappa shape index (κ1) is 18.0. The van der Waals surface area contributed by atoms with Crippen molar-refractivity contribution in [3.63, 3.8) is 0 Å². The van der Waals surface area contributed by atoms with Gasteiger partial charge in [0.05, 0.1) is 13.7 Å². The lowest BCUT2D eigenvalue weighted by Gasteiger charge is -2.36. The fraction of sp³-hybridized carbons (Fsp3) is 0.400. The van der Waals surface area contributed by atoms with Gasteiger partial charge in [-0.2, -0.15) is 0 Å². The fourth-order valence-electron chi connectivity index (χ4n) is 3.01. The Morgan fingerprint density at radius 3 is 2.31 bits per heavy atom. The van der Waals surface area contributed by atoms with E-state index in [1.807, 2.05) is 41.3 Å². The molecular formula is C20H25N3O3. The highest BCUT2D eigenvalue weighted by atomic mass is 16.5. The van der Waals surface area contributed by atoms with E-state index in [2.05, 4.69) is 9.88 Å². The van der Waals surface area contributed by atoms with Crippen LogP contribution in [-0.2, 0) is 4.79 Å². The van der Waals surface area contributed by atoms with Crippen molar-refractivity contribution in [3.05, 3.63) is 48.8 Å². The van der Waals surface area contributed by atoms with E-state index in [1.54, 1.807) is 19.5 Å². The molecule has 1 aliphatic rings. The van der Waals surface area contributed by atoms with Crippen LogP contribution < -0.4 is 14.4 Å². The Kier molecular flexibility index (Phi) is 6.30. The predicted molar refractivity (Wildman–Crippen MR) is 101 cm³/mol. The highest BCUT2D eigenvalue weighted by Gasteiger charge is 2.20. The number of methoxy groups -OCH3 is 1. The lowest BCUT2D eigenvalue weighted by Crippen LogP contribution is -2.48. The number of hydrogen-bond acceptors (Lipinski definition) is 5. The number of pyridine rings is 1. The van der Waals surface area contributed by atoms with E-state index in [0.717, 1.165) is 44.1 Å². The summed E-state index contributed by atoms with van der Waals surface area (Å²) in [5.41, 5.74) is 1.17. The summed E-state index contributed by atoms with van der Waals surface area (Å²) < 4.78 is 10.8. The molecule has 0 bridgehead atoms. The first-order chi connectivity index (χ1) is 12.8. The average Bonchev–Trinajstić information content (AvgIpc) is 2.72. The predicted octanol–water partition coefficient (Wildman–Crippen LogP) is 2.60. The minimum Gasteiger partial charge on any atom is -0.497 e. The maximum atomic E-state index is 12.4. The van der Waals surface area contributed by atoms with Crippen LogP contribution in [0, 0.1) is 0 Å². The molecule has 1 aliphatic heterocycles. The molecule has 1 saturated heterocycles. The number of rotatable bonds is 7. The van der Waals surface area contributed by atoms with Crippen LogP contribution >= 0.6 is 0 Å². The number of carbonyl (C=O) groups excluding carboxylic acids is 1. The van der Waals surface area contributed by atoms with Crippen molar-refractivity contribution < 1.29 is 14.3 Å². The number of aromatic nitrogens is 1. The third-order valence-corrected chi connectivity index (χ3v) is 4.52.